The van der Waals surface area contributed by atoms with E-state index in [0.717, 1.165) is 6.07 Å². The molecule has 0 aliphatic rings. The van der Waals surface area contributed by atoms with Gasteiger partial charge in [0.1, 0.15) is 47.3 Å². The van der Waals surface area contributed by atoms with Crippen LogP contribution in [0.4, 0.5) is 13.2 Å². The van der Waals surface area contributed by atoms with Crippen molar-refractivity contribution in [2.24, 2.45) is 0 Å². The predicted octanol–water partition coefficient (Wildman–Crippen LogP) is 7.17. The molecule has 0 fully saturated rings. The van der Waals surface area contributed by atoms with E-state index in [1.807, 2.05) is 18.2 Å². The van der Waals surface area contributed by atoms with E-state index in [1.54, 1.807) is 22.9 Å². The van der Waals surface area contributed by atoms with E-state index < -0.39 is 17.5 Å². The van der Waals surface area contributed by atoms with Gasteiger partial charge in [0.25, 0.3) is 0 Å². The molecule has 0 amide bonds. The van der Waals surface area contributed by atoms with Crippen molar-refractivity contribution in [1.82, 2.24) is 0 Å². The van der Waals surface area contributed by atoms with Gasteiger partial charge in [0, 0.05) is 53.4 Å². The molecule has 0 N–H and O–H groups in total. The zero-order valence-corrected chi connectivity index (χ0v) is 19.9. The third-order valence-electron chi connectivity index (χ3n) is 6.39. The van der Waals surface area contributed by atoms with E-state index >= 15 is 4.39 Å². The number of halogens is 3. The molecule has 0 aliphatic heterocycles. The Hall–Kier alpha value is -4.93. The smallest absolute Gasteiger partial charge is 0.143 e. The molecule has 2 heterocycles. The van der Waals surface area contributed by atoms with Gasteiger partial charge in [-0.15, -0.1) is 22.7 Å². The molecule has 37 heavy (non-hydrogen) atoms. The second-order valence-electron chi connectivity index (χ2n) is 8.15. The summed E-state index contributed by atoms with van der Waals surface area (Å²) in [5.41, 5.74) is -0.533. The minimum atomic E-state index is -1.02. The van der Waals surface area contributed by atoms with E-state index in [-0.39, 0.29) is 27.8 Å². The number of thiophene rings is 2. The van der Waals surface area contributed by atoms with Crippen LogP contribution >= 0.6 is 22.7 Å². The van der Waals surface area contributed by atoms with Crippen LogP contribution in [0.15, 0.2) is 41.1 Å². The van der Waals surface area contributed by atoms with Crippen molar-refractivity contribution in [3.8, 4) is 35.4 Å². The Morgan fingerprint density at radius 2 is 1.38 bits per heavy atom. The highest BCUT2D eigenvalue weighted by Gasteiger charge is 2.25. The van der Waals surface area contributed by atoms with Crippen LogP contribution in [0.3, 0.4) is 0 Å². The highest BCUT2D eigenvalue weighted by molar-refractivity contribution is 7.20. The quantitative estimate of drug-likeness (QED) is 0.215. The average molecular weight is 521 g/mol. The fourth-order valence-corrected chi connectivity index (χ4v) is 6.98. The molecule has 2 aromatic heterocycles. The molecular formula is C28H7F3N4S2. The molecule has 0 bridgehead atoms. The van der Waals surface area contributed by atoms with E-state index in [0.29, 0.717) is 53.0 Å². The first kappa shape index (κ1) is 22.5. The third kappa shape index (κ3) is 2.97. The fourth-order valence-electron chi connectivity index (χ4n) is 4.88. The Morgan fingerprint density at radius 3 is 2.08 bits per heavy atom. The Bertz CT molecular complexity index is 2220. The lowest BCUT2D eigenvalue weighted by Gasteiger charge is -2.16. The molecule has 6 rings (SSSR count). The van der Waals surface area contributed by atoms with Crippen LogP contribution in [-0.4, -0.2) is 0 Å². The van der Waals surface area contributed by atoms with Gasteiger partial charge >= 0.3 is 0 Å². The van der Waals surface area contributed by atoms with Gasteiger partial charge in [0.05, 0.1) is 11.1 Å². The van der Waals surface area contributed by atoms with Gasteiger partial charge in [0.2, 0.25) is 0 Å². The fraction of sp³-hybridized carbons (Fsp3) is 0. The molecule has 0 aliphatic carbocycles. The number of nitriles is 4. The predicted molar refractivity (Wildman–Crippen MR) is 137 cm³/mol. The van der Waals surface area contributed by atoms with Gasteiger partial charge in [-0.2, -0.15) is 21.0 Å². The number of hydrogen-bond donors (Lipinski definition) is 0. The molecule has 0 radical (unpaired) electrons. The van der Waals surface area contributed by atoms with Crippen molar-refractivity contribution in [2.75, 3.05) is 0 Å². The summed E-state index contributed by atoms with van der Waals surface area (Å²) in [4.78, 5) is 0. The van der Waals surface area contributed by atoms with Gasteiger partial charge in [-0.1, -0.05) is 0 Å². The topological polar surface area (TPSA) is 95.2 Å². The van der Waals surface area contributed by atoms with Crippen molar-refractivity contribution in [2.45, 2.75) is 0 Å². The third-order valence-corrected chi connectivity index (χ3v) is 8.32. The minimum Gasteiger partial charge on any atom is -0.206 e. The first-order valence-corrected chi connectivity index (χ1v) is 12.3. The Labute approximate surface area is 214 Å². The average Bonchev–Trinajstić information content (AvgIpc) is 3.55. The molecule has 4 nitrogen and oxygen atoms in total. The van der Waals surface area contributed by atoms with Crippen molar-refractivity contribution >= 4 is 70.0 Å². The maximum atomic E-state index is 15.4. The standard InChI is InChI=1S/C28H7F3N4S2/c29-20-5-16-17(3-12(20)7-32)24(18-4-13(8-33)21(30)6-22(18)31)26-25-19(16)11-37-28(25)23(14(9-34)10-35)15-1-2-36-27(15)26/h1-6,11H. The largest absolute Gasteiger partial charge is 0.206 e. The second kappa shape index (κ2) is 8.05. The molecule has 9 heteroatoms. The number of benzene rings is 4. The molecule has 0 atom stereocenters. The number of hydrogen-bond acceptors (Lipinski definition) is 6. The highest BCUT2D eigenvalue weighted by Crippen LogP contribution is 2.48. The van der Waals surface area contributed by atoms with Gasteiger partial charge in [-0.3, -0.25) is 0 Å². The SMILES string of the molecule is N#CC(C#N)=c1c2ccsc2c2c(-c3cc(C#N)c(F)cc3F)c3cc(C#N)c(F)cc3c3csc1c32. The molecule has 0 unspecified atom stereocenters. The zero-order valence-electron chi connectivity index (χ0n) is 18.3. The summed E-state index contributed by atoms with van der Waals surface area (Å²) in [6.07, 6.45) is 0. The monoisotopic (exact) mass is 520 g/mol. The lowest BCUT2D eigenvalue weighted by Crippen LogP contribution is -2.07. The van der Waals surface area contributed by atoms with Gasteiger partial charge < -0.3 is 0 Å². The first-order valence-electron chi connectivity index (χ1n) is 10.6. The molecule has 0 spiro atoms. The Balaban J connectivity index is 2.03. The Morgan fingerprint density at radius 1 is 0.676 bits per heavy atom. The maximum absolute atomic E-state index is 15.4. The molecule has 172 valence electrons. The van der Waals surface area contributed by atoms with Crippen LogP contribution in [-0.2, 0) is 0 Å². The van der Waals surface area contributed by atoms with Crippen LogP contribution in [0.1, 0.15) is 11.1 Å². The normalized spacial score (nSPS) is 11.0. The zero-order chi connectivity index (χ0) is 26.0. The maximum Gasteiger partial charge on any atom is 0.143 e. The van der Waals surface area contributed by atoms with Crippen LogP contribution in [0, 0.1) is 62.8 Å². The summed E-state index contributed by atoms with van der Waals surface area (Å²) in [5.74, 6) is -2.71. The molecule has 0 saturated carbocycles. The van der Waals surface area contributed by atoms with Crippen LogP contribution < -0.4 is 5.22 Å². The summed E-state index contributed by atoms with van der Waals surface area (Å²) in [7, 11) is 0. The Kier molecular flexibility index (Phi) is 4.90. The van der Waals surface area contributed by atoms with Gasteiger partial charge in [0.15, 0.2) is 0 Å². The van der Waals surface area contributed by atoms with Crippen molar-refractivity contribution in [3.63, 3.8) is 0 Å². The summed E-state index contributed by atoms with van der Waals surface area (Å²) in [5, 5.41) is 45.4. The summed E-state index contributed by atoms with van der Waals surface area (Å²) >= 11 is 2.57. The summed E-state index contributed by atoms with van der Waals surface area (Å²) < 4.78 is 45.8. The van der Waals surface area contributed by atoms with E-state index in [2.05, 4.69) is 0 Å². The van der Waals surface area contributed by atoms with Crippen LogP contribution in [0.5, 0.6) is 0 Å². The molecule has 4 aromatic carbocycles. The van der Waals surface area contributed by atoms with Crippen molar-refractivity contribution in [1.29, 1.82) is 21.0 Å². The van der Waals surface area contributed by atoms with Crippen LogP contribution in [0.25, 0.3) is 58.4 Å². The van der Waals surface area contributed by atoms with E-state index in [9.17, 15) is 29.8 Å². The number of nitrogens with zero attached hydrogens (tertiary/aromatic N) is 4. The second-order valence-corrected chi connectivity index (χ2v) is 9.95. The summed E-state index contributed by atoms with van der Waals surface area (Å²) in [6.45, 7) is 0. The summed E-state index contributed by atoms with van der Waals surface area (Å²) in [6, 6.07) is 13.5. The van der Waals surface area contributed by atoms with Crippen molar-refractivity contribution in [3.05, 3.63) is 74.9 Å². The van der Waals surface area contributed by atoms with Gasteiger partial charge in [-0.25, -0.2) is 13.2 Å². The van der Waals surface area contributed by atoms with Crippen LogP contribution in [0.2, 0.25) is 0 Å². The number of rotatable bonds is 1. The first-order chi connectivity index (χ1) is 17.9. The van der Waals surface area contributed by atoms with Crippen molar-refractivity contribution < 1.29 is 13.2 Å². The lowest BCUT2D eigenvalue weighted by atomic mass is 9.87. The van der Waals surface area contributed by atoms with E-state index in [4.69, 9.17) is 0 Å². The highest BCUT2D eigenvalue weighted by atomic mass is 32.1. The van der Waals surface area contributed by atoms with E-state index in [1.165, 1.54) is 34.8 Å². The van der Waals surface area contributed by atoms with Gasteiger partial charge in [-0.05, 0) is 45.8 Å². The molecule has 0 saturated heterocycles. The molecular weight excluding hydrogens is 513 g/mol. The lowest BCUT2D eigenvalue weighted by molar-refractivity contribution is 0.583. The number of fused-ring (bicyclic) bond motifs is 4. The minimum absolute atomic E-state index is 0.0833. The molecule has 6 aromatic rings.